The predicted octanol–water partition coefficient (Wildman–Crippen LogP) is 1.07. The van der Waals surface area contributed by atoms with Crippen molar-refractivity contribution in [2.75, 3.05) is 20.7 Å². The SMILES string of the molecule is COc1ccc2c(c1)[C@]13CCN(C)[C@H](C2)[C@@H]1C(O)OC(=O)C3. The maximum Gasteiger partial charge on any atom is 0.309 e. The lowest BCUT2D eigenvalue weighted by Gasteiger charge is -2.58. The van der Waals surface area contributed by atoms with Crippen LogP contribution in [0.1, 0.15) is 24.0 Å². The van der Waals surface area contributed by atoms with Crippen molar-refractivity contribution in [1.82, 2.24) is 4.90 Å². The van der Waals surface area contributed by atoms with Crippen LogP contribution >= 0.6 is 0 Å². The number of carbonyl (C=O) groups excluding carboxylic acids is 1. The smallest absolute Gasteiger partial charge is 0.309 e. The molecule has 2 fully saturated rings. The molecule has 1 N–H and O–H groups in total. The molecule has 22 heavy (non-hydrogen) atoms. The van der Waals surface area contributed by atoms with Crippen molar-refractivity contribution in [2.24, 2.45) is 5.92 Å². The van der Waals surface area contributed by atoms with Gasteiger partial charge >= 0.3 is 5.97 Å². The Labute approximate surface area is 129 Å². The molecule has 0 aromatic heterocycles. The van der Waals surface area contributed by atoms with E-state index in [2.05, 4.69) is 24.1 Å². The maximum absolute atomic E-state index is 12.0. The number of esters is 1. The van der Waals surface area contributed by atoms with Gasteiger partial charge in [-0.3, -0.25) is 4.79 Å². The highest BCUT2D eigenvalue weighted by atomic mass is 16.6. The number of fused-ring (bicyclic) bond motifs is 1. The topological polar surface area (TPSA) is 59.0 Å². The molecule has 5 nitrogen and oxygen atoms in total. The van der Waals surface area contributed by atoms with E-state index < -0.39 is 6.29 Å². The highest BCUT2D eigenvalue weighted by Crippen LogP contribution is 2.54. The van der Waals surface area contributed by atoms with Crippen molar-refractivity contribution >= 4 is 5.97 Å². The lowest BCUT2D eigenvalue weighted by atomic mass is 9.55. The van der Waals surface area contributed by atoms with Crippen LogP contribution in [-0.2, 0) is 21.4 Å². The molecule has 3 aliphatic rings. The van der Waals surface area contributed by atoms with E-state index in [-0.39, 0.29) is 23.3 Å². The molecule has 1 aliphatic carbocycles. The summed E-state index contributed by atoms with van der Waals surface area (Å²) in [5.74, 6) is 0.434. The fraction of sp³-hybridized carbons (Fsp3) is 0.588. The van der Waals surface area contributed by atoms with E-state index in [1.807, 2.05) is 6.07 Å². The Bertz CT molecular complexity index is 631. The van der Waals surface area contributed by atoms with Gasteiger partial charge in [0, 0.05) is 17.4 Å². The van der Waals surface area contributed by atoms with Crippen molar-refractivity contribution in [2.45, 2.75) is 37.0 Å². The van der Waals surface area contributed by atoms with Gasteiger partial charge in [0.25, 0.3) is 0 Å². The first kappa shape index (κ1) is 14.0. The van der Waals surface area contributed by atoms with Crippen LogP contribution in [0.15, 0.2) is 18.2 Å². The van der Waals surface area contributed by atoms with Gasteiger partial charge in [-0.05, 0) is 49.7 Å². The zero-order valence-electron chi connectivity index (χ0n) is 12.9. The summed E-state index contributed by atoms with van der Waals surface area (Å²) in [4.78, 5) is 14.3. The highest BCUT2D eigenvalue weighted by Gasteiger charge is 2.59. The first-order valence-corrected chi connectivity index (χ1v) is 7.80. The van der Waals surface area contributed by atoms with Gasteiger partial charge < -0.3 is 19.5 Å². The van der Waals surface area contributed by atoms with Gasteiger partial charge in [-0.2, -0.15) is 0 Å². The number of hydrogen-bond donors (Lipinski definition) is 1. The molecule has 4 rings (SSSR count). The molecule has 1 unspecified atom stereocenters. The maximum atomic E-state index is 12.0. The number of ether oxygens (including phenoxy) is 2. The molecule has 1 aromatic rings. The van der Waals surface area contributed by atoms with E-state index in [9.17, 15) is 9.90 Å². The summed E-state index contributed by atoms with van der Waals surface area (Å²) in [6.45, 7) is 0.928. The summed E-state index contributed by atoms with van der Waals surface area (Å²) < 4.78 is 10.5. The van der Waals surface area contributed by atoms with Crippen LogP contribution in [0.4, 0.5) is 0 Å². The molecule has 5 heteroatoms. The Kier molecular flexibility index (Phi) is 3.00. The molecule has 2 saturated heterocycles. The average molecular weight is 303 g/mol. The number of rotatable bonds is 1. The zero-order valence-corrected chi connectivity index (χ0v) is 12.9. The van der Waals surface area contributed by atoms with E-state index in [4.69, 9.17) is 9.47 Å². The van der Waals surface area contributed by atoms with Crippen LogP contribution in [-0.4, -0.2) is 49.0 Å². The summed E-state index contributed by atoms with van der Waals surface area (Å²) in [5, 5.41) is 10.4. The van der Waals surface area contributed by atoms with E-state index in [1.165, 1.54) is 5.56 Å². The molecule has 0 radical (unpaired) electrons. The lowest BCUT2D eigenvalue weighted by Crippen LogP contribution is -2.65. The van der Waals surface area contributed by atoms with E-state index in [1.54, 1.807) is 7.11 Å². The summed E-state index contributed by atoms with van der Waals surface area (Å²) in [6, 6.07) is 6.33. The van der Waals surface area contributed by atoms with Crippen molar-refractivity contribution in [3.8, 4) is 5.75 Å². The van der Waals surface area contributed by atoms with E-state index in [0.717, 1.165) is 30.7 Å². The molecular formula is C17H21NO4. The normalized spacial score (nSPS) is 37.0. The number of benzene rings is 1. The summed E-state index contributed by atoms with van der Waals surface area (Å²) in [5.41, 5.74) is 2.10. The molecule has 2 aliphatic heterocycles. The molecule has 2 heterocycles. The van der Waals surface area contributed by atoms with Crippen LogP contribution in [0.3, 0.4) is 0 Å². The lowest BCUT2D eigenvalue weighted by molar-refractivity contribution is -0.218. The minimum atomic E-state index is -1.02. The number of aliphatic hydroxyl groups is 1. The third-order valence-corrected chi connectivity index (χ3v) is 5.83. The zero-order chi connectivity index (χ0) is 15.5. The van der Waals surface area contributed by atoms with Crippen LogP contribution in [0.25, 0.3) is 0 Å². The standard InChI is InChI=1S/C17H21NO4/c1-18-6-5-17-9-14(19)22-16(20)15(17)13(18)7-10-3-4-11(21-2)8-12(10)17/h3-4,8,13,15-16,20H,5-7,9H2,1-2H3/t13-,15-,16?,17-/m1/s1. The number of aliphatic hydroxyl groups excluding tert-OH is 1. The van der Waals surface area contributed by atoms with E-state index >= 15 is 0 Å². The van der Waals surface area contributed by atoms with Gasteiger partial charge in [-0.1, -0.05) is 6.07 Å². The van der Waals surface area contributed by atoms with Crippen LogP contribution in [0.2, 0.25) is 0 Å². The van der Waals surface area contributed by atoms with Gasteiger partial charge in [-0.25, -0.2) is 0 Å². The second kappa shape index (κ2) is 4.70. The third kappa shape index (κ3) is 1.75. The first-order chi connectivity index (χ1) is 10.5. The molecule has 118 valence electrons. The van der Waals surface area contributed by atoms with E-state index in [0.29, 0.717) is 6.42 Å². The first-order valence-electron chi connectivity index (χ1n) is 7.80. The number of hydrogen-bond acceptors (Lipinski definition) is 5. The van der Waals surface area contributed by atoms with Crippen LogP contribution < -0.4 is 4.74 Å². The minimum Gasteiger partial charge on any atom is -0.497 e. The molecular weight excluding hydrogens is 282 g/mol. The Balaban J connectivity index is 1.92. The quantitative estimate of drug-likeness (QED) is 0.787. The molecule has 1 aromatic carbocycles. The van der Waals surface area contributed by atoms with Crippen LogP contribution in [0, 0.1) is 5.92 Å². The summed E-state index contributed by atoms with van der Waals surface area (Å²) in [6.07, 6.45) is 1.06. The Morgan fingerprint density at radius 2 is 2.27 bits per heavy atom. The largest absolute Gasteiger partial charge is 0.497 e. The highest BCUT2D eigenvalue weighted by molar-refractivity contribution is 5.74. The third-order valence-electron chi connectivity index (χ3n) is 5.83. The number of likely N-dealkylation sites (tertiary alicyclic amines) is 1. The average Bonchev–Trinajstić information content (AvgIpc) is 2.50. The molecule has 2 bridgehead atoms. The Hall–Kier alpha value is -1.59. The fourth-order valence-corrected chi connectivity index (χ4v) is 4.77. The number of cyclic esters (lactones) is 1. The number of methoxy groups -OCH3 is 1. The van der Waals surface area contributed by atoms with Crippen molar-refractivity contribution < 1.29 is 19.4 Å². The Morgan fingerprint density at radius 1 is 1.45 bits per heavy atom. The number of nitrogens with zero attached hydrogens (tertiary/aromatic N) is 1. The van der Waals surface area contributed by atoms with Gasteiger partial charge in [0.1, 0.15) is 5.75 Å². The number of piperidine rings is 1. The van der Waals surface area contributed by atoms with Gasteiger partial charge in [-0.15, -0.1) is 0 Å². The molecule has 0 spiro atoms. The summed E-state index contributed by atoms with van der Waals surface area (Å²) >= 11 is 0. The van der Waals surface area contributed by atoms with Gasteiger partial charge in [0.05, 0.1) is 13.5 Å². The van der Waals surface area contributed by atoms with Crippen molar-refractivity contribution in [3.05, 3.63) is 29.3 Å². The van der Waals surface area contributed by atoms with Crippen LogP contribution in [0.5, 0.6) is 5.75 Å². The molecule has 0 amide bonds. The predicted molar refractivity (Wildman–Crippen MR) is 79.6 cm³/mol. The molecule has 0 saturated carbocycles. The molecule has 4 atom stereocenters. The second-order valence-electron chi connectivity index (χ2n) is 6.76. The number of carbonyl (C=O) groups is 1. The number of likely N-dealkylation sites (N-methyl/N-ethyl adjacent to an activating group) is 1. The summed E-state index contributed by atoms with van der Waals surface area (Å²) in [7, 11) is 3.74. The van der Waals surface area contributed by atoms with Crippen molar-refractivity contribution in [1.29, 1.82) is 0 Å². The van der Waals surface area contributed by atoms with Gasteiger partial charge in [0.15, 0.2) is 0 Å². The Morgan fingerprint density at radius 3 is 3.05 bits per heavy atom. The fourth-order valence-electron chi connectivity index (χ4n) is 4.77. The van der Waals surface area contributed by atoms with Crippen molar-refractivity contribution in [3.63, 3.8) is 0 Å². The van der Waals surface area contributed by atoms with Gasteiger partial charge in [0.2, 0.25) is 6.29 Å². The monoisotopic (exact) mass is 303 g/mol. The second-order valence-corrected chi connectivity index (χ2v) is 6.76. The minimum absolute atomic E-state index is 0.0662.